The molecular weight excluding hydrogens is 528 g/mol. The molecule has 0 saturated heterocycles. The molecule has 0 radical (unpaired) electrons. The molecule has 0 bridgehead atoms. The quantitative estimate of drug-likeness (QED) is 0.191. The van der Waals surface area contributed by atoms with Crippen molar-refractivity contribution in [1.29, 1.82) is 0 Å². The van der Waals surface area contributed by atoms with Gasteiger partial charge in [0.2, 0.25) is 0 Å². The van der Waals surface area contributed by atoms with Crippen LogP contribution in [0.4, 0.5) is 0 Å². The first kappa shape index (κ1) is 23.8. The molecule has 10 aromatic carbocycles. The summed E-state index contributed by atoms with van der Waals surface area (Å²) in [6, 6.07) is 58.8. The van der Waals surface area contributed by atoms with Gasteiger partial charge in [0.1, 0.15) is 0 Å². The molecule has 0 aliphatic carbocycles. The second-order valence-electron chi connectivity index (χ2n) is 12.2. The van der Waals surface area contributed by atoms with Crippen LogP contribution in [-0.2, 0) is 0 Å². The van der Waals surface area contributed by atoms with Gasteiger partial charge in [-0.15, -0.1) is 0 Å². The molecule has 0 N–H and O–H groups in total. The normalized spacial score (nSPS) is 12.1. The Bertz CT molecular complexity index is 2400. The molecule has 0 heteroatoms. The van der Waals surface area contributed by atoms with Gasteiger partial charge in [0.25, 0.3) is 0 Å². The van der Waals surface area contributed by atoms with Crippen LogP contribution in [0.5, 0.6) is 0 Å². The van der Waals surface area contributed by atoms with Crippen LogP contribution >= 0.6 is 0 Å². The van der Waals surface area contributed by atoms with E-state index in [4.69, 9.17) is 0 Å². The van der Waals surface area contributed by atoms with Crippen molar-refractivity contribution in [1.82, 2.24) is 0 Å². The molecule has 0 fully saturated rings. The minimum Gasteiger partial charge on any atom is -0.0622 e. The van der Waals surface area contributed by atoms with Crippen molar-refractivity contribution in [3.05, 3.63) is 158 Å². The average Bonchev–Trinajstić information content (AvgIpc) is 3.09. The van der Waals surface area contributed by atoms with Crippen LogP contribution in [0.25, 0.3) is 98.0 Å². The maximum absolute atomic E-state index is 2.38. The van der Waals surface area contributed by atoms with Crippen LogP contribution in [0.15, 0.2) is 158 Å². The van der Waals surface area contributed by atoms with E-state index in [1.54, 1.807) is 0 Å². The summed E-state index contributed by atoms with van der Waals surface area (Å²) in [4.78, 5) is 0. The second-order valence-corrected chi connectivity index (χ2v) is 12.2. The minimum atomic E-state index is 1.23. The Morgan fingerprint density at radius 1 is 0.182 bits per heavy atom. The van der Waals surface area contributed by atoms with Crippen LogP contribution in [0, 0.1) is 0 Å². The lowest BCUT2D eigenvalue weighted by molar-refractivity contribution is 1.59. The van der Waals surface area contributed by atoms with E-state index in [2.05, 4.69) is 158 Å². The molecule has 10 aromatic rings. The molecular formula is C44H26. The van der Waals surface area contributed by atoms with E-state index in [-0.39, 0.29) is 0 Å². The standard InChI is InChI=1S/C44H26/c1-2-6-27(7-3-1)36-24-39(37-20-32-16-12-28-8-4-9-29-13-17-33(21-37)43(32)41(28)29)26-40(25-36)38-22-34-18-14-30-10-5-11-31-15-19-35(23-38)44(34)42(30)31/h1-26H. The van der Waals surface area contributed by atoms with Gasteiger partial charge in [-0.25, -0.2) is 0 Å². The fourth-order valence-electron chi connectivity index (χ4n) is 7.60. The van der Waals surface area contributed by atoms with E-state index in [0.717, 1.165) is 0 Å². The Kier molecular flexibility index (Phi) is 4.81. The van der Waals surface area contributed by atoms with Gasteiger partial charge in [0, 0.05) is 0 Å². The van der Waals surface area contributed by atoms with Gasteiger partial charge in [0.05, 0.1) is 0 Å². The average molecular weight is 555 g/mol. The molecule has 10 rings (SSSR count). The molecule has 44 heavy (non-hydrogen) atoms. The van der Waals surface area contributed by atoms with Crippen molar-refractivity contribution >= 4 is 64.6 Å². The lowest BCUT2D eigenvalue weighted by atomic mass is 9.88. The molecule has 0 unspecified atom stereocenters. The molecule has 0 saturated carbocycles. The van der Waals surface area contributed by atoms with E-state index in [1.807, 2.05) is 0 Å². The van der Waals surface area contributed by atoms with Crippen LogP contribution in [0.2, 0.25) is 0 Å². The molecule has 0 aromatic heterocycles. The summed E-state index contributed by atoms with van der Waals surface area (Å²) < 4.78 is 0. The van der Waals surface area contributed by atoms with Crippen molar-refractivity contribution in [3.63, 3.8) is 0 Å². The third kappa shape index (κ3) is 3.46. The van der Waals surface area contributed by atoms with E-state index < -0.39 is 0 Å². The monoisotopic (exact) mass is 554 g/mol. The fraction of sp³-hybridized carbons (Fsp3) is 0. The predicted molar refractivity (Wildman–Crippen MR) is 190 cm³/mol. The largest absolute Gasteiger partial charge is 0.0622 e. The molecule has 0 aliphatic heterocycles. The Morgan fingerprint density at radius 2 is 0.477 bits per heavy atom. The minimum absolute atomic E-state index is 1.23. The summed E-state index contributed by atoms with van der Waals surface area (Å²) >= 11 is 0. The summed E-state index contributed by atoms with van der Waals surface area (Å²) in [7, 11) is 0. The van der Waals surface area contributed by atoms with Gasteiger partial charge < -0.3 is 0 Å². The topological polar surface area (TPSA) is 0 Å². The first-order valence-corrected chi connectivity index (χ1v) is 15.3. The zero-order valence-corrected chi connectivity index (χ0v) is 24.0. The Morgan fingerprint density at radius 3 is 0.864 bits per heavy atom. The van der Waals surface area contributed by atoms with Gasteiger partial charge in [0.15, 0.2) is 0 Å². The molecule has 0 nitrogen and oxygen atoms in total. The smallest absolute Gasteiger partial charge is 0.00264 e. The Labute approximate surface area is 255 Å². The number of rotatable bonds is 3. The number of benzene rings is 10. The first-order valence-electron chi connectivity index (χ1n) is 15.3. The van der Waals surface area contributed by atoms with Gasteiger partial charge >= 0.3 is 0 Å². The van der Waals surface area contributed by atoms with Gasteiger partial charge in [-0.2, -0.15) is 0 Å². The highest BCUT2D eigenvalue weighted by Crippen LogP contribution is 2.41. The van der Waals surface area contributed by atoms with Crippen LogP contribution < -0.4 is 0 Å². The molecule has 0 amide bonds. The summed E-state index contributed by atoms with van der Waals surface area (Å²) in [6.07, 6.45) is 0. The van der Waals surface area contributed by atoms with Crippen molar-refractivity contribution in [2.45, 2.75) is 0 Å². The highest BCUT2D eigenvalue weighted by atomic mass is 14.2. The number of hydrogen-bond acceptors (Lipinski definition) is 0. The molecule has 0 aliphatic rings. The fourth-order valence-corrected chi connectivity index (χ4v) is 7.60. The molecule has 202 valence electrons. The maximum atomic E-state index is 2.38. The van der Waals surface area contributed by atoms with Crippen LogP contribution in [-0.4, -0.2) is 0 Å². The third-order valence-corrected chi connectivity index (χ3v) is 9.63. The zero-order valence-electron chi connectivity index (χ0n) is 24.0. The van der Waals surface area contributed by atoms with Gasteiger partial charge in [-0.3, -0.25) is 0 Å². The van der Waals surface area contributed by atoms with E-state index in [9.17, 15) is 0 Å². The predicted octanol–water partition coefficient (Wildman–Crippen LogP) is 12.5. The van der Waals surface area contributed by atoms with Crippen LogP contribution in [0.1, 0.15) is 0 Å². The lowest BCUT2D eigenvalue weighted by Gasteiger charge is -2.16. The Balaban J connectivity index is 1.23. The highest BCUT2D eigenvalue weighted by Gasteiger charge is 2.14. The van der Waals surface area contributed by atoms with Crippen molar-refractivity contribution in [2.75, 3.05) is 0 Å². The zero-order chi connectivity index (χ0) is 28.8. The number of hydrogen-bond donors (Lipinski definition) is 0. The third-order valence-electron chi connectivity index (χ3n) is 9.63. The van der Waals surface area contributed by atoms with E-state index >= 15 is 0 Å². The highest BCUT2D eigenvalue weighted by molar-refractivity contribution is 6.25. The van der Waals surface area contributed by atoms with Crippen molar-refractivity contribution in [2.24, 2.45) is 0 Å². The summed E-state index contributed by atoms with van der Waals surface area (Å²) in [5, 5.41) is 15.8. The van der Waals surface area contributed by atoms with E-state index in [1.165, 1.54) is 98.0 Å². The maximum Gasteiger partial charge on any atom is -0.00264 e. The SMILES string of the molecule is c1ccc(-c2cc(-c3cc4ccc5cccc6ccc(c3)c4c56)cc(-c3cc4ccc5cccc6ccc(c3)c4c56)c2)cc1. The van der Waals surface area contributed by atoms with Gasteiger partial charge in [-0.1, -0.05) is 115 Å². The first-order chi connectivity index (χ1) is 21.8. The molecule has 0 heterocycles. The van der Waals surface area contributed by atoms with Crippen LogP contribution in [0.3, 0.4) is 0 Å². The second kappa shape index (κ2) is 8.89. The van der Waals surface area contributed by atoms with Crippen molar-refractivity contribution < 1.29 is 0 Å². The van der Waals surface area contributed by atoms with Gasteiger partial charge in [-0.05, 0) is 140 Å². The summed E-state index contributed by atoms with van der Waals surface area (Å²) in [6.45, 7) is 0. The summed E-state index contributed by atoms with van der Waals surface area (Å²) in [5.74, 6) is 0. The van der Waals surface area contributed by atoms with E-state index in [0.29, 0.717) is 0 Å². The lowest BCUT2D eigenvalue weighted by Crippen LogP contribution is -1.89. The van der Waals surface area contributed by atoms with Crippen molar-refractivity contribution in [3.8, 4) is 33.4 Å². The molecule has 0 spiro atoms. The Hall–Kier alpha value is -5.72. The summed E-state index contributed by atoms with van der Waals surface area (Å²) in [5.41, 5.74) is 7.41. The molecule has 0 atom stereocenters.